The maximum Gasteiger partial charge on any atom is 0.306 e. The van der Waals surface area contributed by atoms with E-state index in [1.54, 1.807) is 0 Å². The molecule has 47 valence electrons. The van der Waals surface area contributed by atoms with Gasteiger partial charge in [-0.15, -0.1) is 11.6 Å². The second-order valence-corrected chi connectivity index (χ2v) is 1.54. The Bertz CT molecular complexity index is 64.8. The molecule has 0 heterocycles. The third-order valence-electron chi connectivity index (χ3n) is 0.562. The number of hydrogen-bond acceptors (Lipinski definition) is 2. The maximum absolute atomic E-state index is 10.3. The topological polar surface area (TPSA) is 26.3 Å². The summed E-state index contributed by atoms with van der Waals surface area (Å²) in [5.41, 5.74) is 0. The van der Waals surface area contributed by atoms with E-state index in [2.05, 4.69) is 11.7 Å². The van der Waals surface area contributed by atoms with Gasteiger partial charge in [-0.3, -0.25) is 4.79 Å². The van der Waals surface area contributed by atoms with Crippen molar-refractivity contribution in [1.82, 2.24) is 0 Å². The zero-order valence-electron chi connectivity index (χ0n) is 4.52. The fraction of sp³-hybridized carbons (Fsp3) is 0.600. The summed E-state index contributed by atoms with van der Waals surface area (Å²) in [6, 6.07) is 0. The fourth-order valence-electron chi connectivity index (χ4n) is 0.263. The lowest BCUT2D eigenvalue weighted by Crippen LogP contribution is -2.03. The number of carbonyl (C=O) groups is 1. The van der Waals surface area contributed by atoms with E-state index in [9.17, 15) is 4.79 Å². The van der Waals surface area contributed by atoms with E-state index < -0.39 is 0 Å². The maximum atomic E-state index is 10.3. The summed E-state index contributed by atoms with van der Waals surface area (Å²) in [6.07, 6.45) is 0.275. The molecule has 0 saturated heterocycles. The lowest BCUT2D eigenvalue weighted by molar-refractivity contribution is -0.141. The van der Waals surface area contributed by atoms with Crippen molar-refractivity contribution in [2.45, 2.75) is 6.42 Å². The minimum atomic E-state index is -0.282. The minimum absolute atomic E-state index is 0.190. The average molecular weight is 136 g/mol. The van der Waals surface area contributed by atoms with Crippen molar-refractivity contribution in [3.63, 3.8) is 0 Å². The molecule has 0 spiro atoms. The molecule has 0 amide bonds. The zero-order chi connectivity index (χ0) is 6.41. The normalized spacial score (nSPS) is 8.75. The molecule has 0 bridgehead atoms. The Hall–Kier alpha value is -0.240. The Balaban J connectivity index is 3.06. The Kier molecular flexibility index (Phi) is 4.76. The van der Waals surface area contributed by atoms with Gasteiger partial charge in [0, 0.05) is 5.88 Å². The van der Waals surface area contributed by atoms with Crippen LogP contribution in [0.3, 0.4) is 0 Å². The molecular formula is C5H8ClO2. The predicted octanol–water partition coefficient (Wildman–Crippen LogP) is 0.993. The van der Waals surface area contributed by atoms with Gasteiger partial charge in [0.25, 0.3) is 0 Å². The molecule has 0 aromatic rings. The van der Waals surface area contributed by atoms with Crippen molar-refractivity contribution >= 4 is 17.6 Å². The highest BCUT2D eigenvalue weighted by Gasteiger charge is 1.96. The van der Waals surface area contributed by atoms with Gasteiger partial charge >= 0.3 is 5.97 Å². The van der Waals surface area contributed by atoms with Crippen LogP contribution in [0.25, 0.3) is 0 Å². The molecule has 8 heavy (non-hydrogen) atoms. The summed E-state index contributed by atoms with van der Waals surface area (Å²) < 4.78 is 4.45. The molecule has 0 unspecified atom stereocenters. The van der Waals surface area contributed by atoms with Crippen LogP contribution in [0, 0.1) is 6.92 Å². The molecule has 0 aromatic heterocycles. The highest BCUT2D eigenvalue weighted by molar-refractivity contribution is 6.18. The van der Waals surface area contributed by atoms with Crippen molar-refractivity contribution in [3.8, 4) is 0 Å². The molecule has 1 radical (unpaired) electrons. The number of hydrogen-bond donors (Lipinski definition) is 0. The Morgan fingerprint density at radius 2 is 2.38 bits per heavy atom. The number of rotatable bonds is 3. The number of halogens is 1. The van der Waals surface area contributed by atoms with Gasteiger partial charge in [-0.1, -0.05) is 0 Å². The van der Waals surface area contributed by atoms with E-state index in [0.29, 0.717) is 5.88 Å². The van der Waals surface area contributed by atoms with Crippen LogP contribution in [0.5, 0.6) is 0 Å². The molecule has 2 nitrogen and oxygen atoms in total. The van der Waals surface area contributed by atoms with Gasteiger partial charge < -0.3 is 4.74 Å². The first-order valence-corrected chi connectivity index (χ1v) is 2.85. The molecule has 3 heteroatoms. The smallest absolute Gasteiger partial charge is 0.306 e. The van der Waals surface area contributed by atoms with Crippen LogP contribution in [-0.4, -0.2) is 18.5 Å². The first-order chi connectivity index (χ1) is 3.81. The Labute approximate surface area is 53.8 Å². The van der Waals surface area contributed by atoms with E-state index in [0.717, 1.165) is 0 Å². The molecule has 0 atom stereocenters. The van der Waals surface area contributed by atoms with Crippen molar-refractivity contribution in [2.75, 3.05) is 12.5 Å². The summed E-state index contributed by atoms with van der Waals surface area (Å²) >= 11 is 5.21. The minimum Gasteiger partial charge on any atom is -0.466 e. The van der Waals surface area contributed by atoms with Crippen LogP contribution in [0.2, 0.25) is 0 Å². The van der Waals surface area contributed by atoms with Crippen molar-refractivity contribution in [1.29, 1.82) is 0 Å². The molecule has 0 N–H and O–H groups in total. The number of ether oxygens (including phenoxy) is 1. The largest absolute Gasteiger partial charge is 0.466 e. The van der Waals surface area contributed by atoms with Gasteiger partial charge in [-0.25, -0.2) is 0 Å². The third kappa shape index (κ3) is 3.93. The Morgan fingerprint density at radius 1 is 1.75 bits per heavy atom. The molecule has 0 aromatic carbocycles. The number of carbonyl (C=O) groups excluding carboxylic acids is 1. The summed E-state index contributed by atoms with van der Waals surface area (Å²) in [7, 11) is 0. The van der Waals surface area contributed by atoms with Crippen LogP contribution < -0.4 is 0 Å². The van der Waals surface area contributed by atoms with Gasteiger partial charge in [0.15, 0.2) is 0 Å². The van der Waals surface area contributed by atoms with Crippen molar-refractivity contribution in [2.24, 2.45) is 0 Å². The van der Waals surface area contributed by atoms with E-state index >= 15 is 0 Å². The van der Waals surface area contributed by atoms with E-state index in [1.165, 1.54) is 0 Å². The zero-order valence-corrected chi connectivity index (χ0v) is 5.28. The van der Waals surface area contributed by atoms with Gasteiger partial charge in [-0.2, -0.15) is 0 Å². The second kappa shape index (κ2) is 4.91. The molecular weight excluding hydrogens is 128 g/mol. The van der Waals surface area contributed by atoms with Gasteiger partial charge in [0.2, 0.25) is 0 Å². The number of alkyl halides is 1. The monoisotopic (exact) mass is 135 g/mol. The highest BCUT2D eigenvalue weighted by Crippen LogP contribution is 1.87. The Morgan fingerprint density at radius 3 is 2.75 bits per heavy atom. The van der Waals surface area contributed by atoms with Crippen molar-refractivity contribution in [3.05, 3.63) is 6.92 Å². The number of esters is 1. The molecule has 0 aliphatic rings. The van der Waals surface area contributed by atoms with Crippen LogP contribution in [0.4, 0.5) is 0 Å². The summed E-state index contributed by atoms with van der Waals surface area (Å²) in [5, 5.41) is 0. The van der Waals surface area contributed by atoms with Gasteiger partial charge in [-0.05, 0) is 6.92 Å². The first kappa shape index (κ1) is 7.76. The van der Waals surface area contributed by atoms with E-state index in [4.69, 9.17) is 11.6 Å². The van der Waals surface area contributed by atoms with Crippen LogP contribution in [-0.2, 0) is 9.53 Å². The van der Waals surface area contributed by atoms with E-state index in [-0.39, 0.29) is 19.0 Å². The highest BCUT2D eigenvalue weighted by atomic mass is 35.5. The molecule has 0 rings (SSSR count). The molecule has 0 aliphatic heterocycles. The average Bonchev–Trinajstić information content (AvgIpc) is 1.68. The predicted molar refractivity (Wildman–Crippen MR) is 31.7 cm³/mol. The second-order valence-electron chi connectivity index (χ2n) is 1.16. The molecule has 0 fully saturated rings. The molecule has 0 saturated carbocycles. The van der Waals surface area contributed by atoms with Gasteiger partial charge in [0.05, 0.1) is 13.0 Å². The lowest BCUT2D eigenvalue weighted by Gasteiger charge is -1.95. The third-order valence-corrected chi connectivity index (χ3v) is 0.751. The summed E-state index contributed by atoms with van der Waals surface area (Å²) in [4.78, 5) is 10.3. The van der Waals surface area contributed by atoms with Crippen LogP contribution in [0.15, 0.2) is 0 Å². The lowest BCUT2D eigenvalue weighted by atomic mass is 10.5. The fourth-order valence-corrected chi connectivity index (χ4v) is 0.417. The standard InChI is InChI=1S/C5H8ClO2/c1-2-8-5(7)3-4-6/h1-4H2. The molecule has 0 aliphatic carbocycles. The quantitative estimate of drug-likeness (QED) is 0.426. The van der Waals surface area contributed by atoms with E-state index in [1.807, 2.05) is 0 Å². The van der Waals surface area contributed by atoms with Crippen molar-refractivity contribution < 1.29 is 9.53 Å². The van der Waals surface area contributed by atoms with Gasteiger partial charge in [0.1, 0.15) is 0 Å². The van der Waals surface area contributed by atoms with Crippen LogP contribution in [0.1, 0.15) is 6.42 Å². The first-order valence-electron chi connectivity index (χ1n) is 2.32. The summed E-state index contributed by atoms with van der Waals surface area (Å²) in [5.74, 6) is 0.0359. The summed E-state index contributed by atoms with van der Waals surface area (Å²) in [6.45, 7) is 3.51. The van der Waals surface area contributed by atoms with Crippen LogP contribution >= 0.6 is 11.6 Å². The SMILES string of the molecule is [CH2]COC(=O)CCCl.